The predicted octanol–water partition coefficient (Wildman–Crippen LogP) is 3.14. The van der Waals surface area contributed by atoms with Crippen molar-refractivity contribution in [1.82, 2.24) is 9.97 Å². The molecule has 0 aliphatic carbocycles. The molecule has 2 aromatic heterocycles. The Morgan fingerprint density at radius 1 is 1.27 bits per heavy atom. The van der Waals surface area contributed by atoms with Gasteiger partial charge < -0.3 is 10.3 Å². The molecular formula is C16H12ClN3O2. The molecule has 0 unspecified atom stereocenters. The molecule has 0 saturated carbocycles. The molecule has 3 rings (SSSR count). The second kappa shape index (κ2) is 5.61. The van der Waals surface area contributed by atoms with Crippen LogP contribution >= 0.6 is 11.6 Å². The van der Waals surface area contributed by atoms with Gasteiger partial charge in [-0.25, -0.2) is 4.98 Å². The van der Waals surface area contributed by atoms with E-state index in [4.69, 9.17) is 11.6 Å². The van der Waals surface area contributed by atoms with Gasteiger partial charge in [0, 0.05) is 22.8 Å². The van der Waals surface area contributed by atoms with Crippen LogP contribution in [0.1, 0.15) is 15.9 Å². The first-order chi connectivity index (χ1) is 10.5. The van der Waals surface area contributed by atoms with E-state index in [9.17, 15) is 9.59 Å². The van der Waals surface area contributed by atoms with Gasteiger partial charge in [0.1, 0.15) is 11.4 Å². The van der Waals surface area contributed by atoms with Crippen molar-refractivity contribution in [3.8, 4) is 0 Å². The molecule has 0 spiro atoms. The minimum absolute atomic E-state index is 0.0260. The first-order valence-corrected chi connectivity index (χ1v) is 6.97. The average molecular weight is 314 g/mol. The number of hydrogen-bond acceptors (Lipinski definition) is 3. The van der Waals surface area contributed by atoms with Gasteiger partial charge in [-0.05, 0) is 42.8 Å². The number of rotatable bonds is 2. The van der Waals surface area contributed by atoms with Gasteiger partial charge in [0.25, 0.3) is 5.91 Å². The number of hydrogen-bond donors (Lipinski definition) is 2. The molecule has 0 radical (unpaired) electrons. The summed E-state index contributed by atoms with van der Waals surface area (Å²) in [6.45, 7) is 1.89. The Bertz CT molecular complexity index is 934. The molecule has 0 bridgehead atoms. The van der Waals surface area contributed by atoms with Gasteiger partial charge in [-0.15, -0.1) is 0 Å². The zero-order valence-electron chi connectivity index (χ0n) is 11.7. The van der Waals surface area contributed by atoms with E-state index in [-0.39, 0.29) is 11.0 Å². The summed E-state index contributed by atoms with van der Waals surface area (Å²) in [4.78, 5) is 31.6. The lowest BCUT2D eigenvalue weighted by Gasteiger charge is -2.06. The summed E-state index contributed by atoms with van der Waals surface area (Å²) in [5.74, 6) is -0.100. The number of anilines is 1. The summed E-state index contributed by atoms with van der Waals surface area (Å²) in [6.07, 6.45) is 2.98. The number of amides is 1. The summed E-state index contributed by atoms with van der Waals surface area (Å²) >= 11 is 5.89. The van der Waals surface area contributed by atoms with Crippen LogP contribution in [0, 0.1) is 6.92 Å². The van der Waals surface area contributed by atoms with E-state index in [1.165, 1.54) is 6.20 Å². The standard InChI is InChI=1S/C16H12ClN3O2/c1-9-4-5-18-14(6-9)20-16(22)12-8-19-13-7-10(17)2-3-11(13)15(12)21/h2-8H,1H3,(H,19,21)(H,18,20,22). The highest BCUT2D eigenvalue weighted by Gasteiger charge is 2.13. The van der Waals surface area contributed by atoms with E-state index in [1.54, 1.807) is 30.5 Å². The van der Waals surface area contributed by atoms with Gasteiger partial charge in [-0.2, -0.15) is 0 Å². The third-order valence-electron chi connectivity index (χ3n) is 3.24. The van der Waals surface area contributed by atoms with E-state index in [2.05, 4.69) is 15.3 Å². The number of halogens is 1. The maximum absolute atomic E-state index is 12.4. The fraction of sp³-hybridized carbons (Fsp3) is 0.0625. The van der Waals surface area contributed by atoms with Crippen LogP contribution in [-0.2, 0) is 0 Å². The number of carbonyl (C=O) groups is 1. The number of carbonyl (C=O) groups excluding carboxylic acids is 1. The number of H-pyrrole nitrogens is 1. The van der Waals surface area contributed by atoms with Crippen molar-refractivity contribution in [3.63, 3.8) is 0 Å². The molecule has 0 atom stereocenters. The molecular weight excluding hydrogens is 302 g/mol. The zero-order chi connectivity index (χ0) is 15.7. The van der Waals surface area contributed by atoms with Crippen LogP contribution in [0.2, 0.25) is 5.02 Å². The van der Waals surface area contributed by atoms with Crippen molar-refractivity contribution in [2.24, 2.45) is 0 Å². The average Bonchev–Trinajstić information content (AvgIpc) is 2.47. The number of fused-ring (bicyclic) bond motifs is 1. The van der Waals surface area contributed by atoms with Crippen molar-refractivity contribution >= 4 is 34.2 Å². The Kier molecular flexibility index (Phi) is 3.65. The van der Waals surface area contributed by atoms with Crippen molar-refractivity contribution in [1.29, 1.82) is 0 Å². The molecule has 0 aliphatic rings. The molecule has 0 aliphatic heterocycles. The summed E-state index contributed by atoms with van der Waals surface area (Å²) in [6, 6.07) is 8.40. The topological polar surface area (TPSA) is 74.8 Å². The molecule has 5 nitrogen and oxygen atoms in total. The molecule has 110 valence electrons. The van der Waals surface area contributed by atoms with Crippen LogP contribution in [0.4, 0.5) is 5.82 Å². The minimum atomic E-state index is -0.504. The van der Waals surface area contributed by atoms with Gasteiger partial charge in [0.2, 0.25) is 5.43 Å². The summed E-state index contributed by atoms with van der Waals surface area (Å²) in [5.41, 5.74) is 1.23. The van der Waals surface area contributed by atoms with Crippen LogP contribution in [0.5, 0.6) is 0 Å². The van der Waals surface area contributed by atoms with Gasteiger partial charge in [-0.3, -0.25) is 9.59 Å². The largest absolute Gasteiger partial charge is 0.360 e. The fourth-order valence-corrected chi connectivity index (χ4v) is 2.32. The van der Waals surface area contributed by atoms with Crippen molar-refractivity contribution in [2.75, 3.05) is 5.32 Å². The Morgan fingerprint density at radius 3 is 2.86 bits per heavy atom. The maximum atomic E-state index is 12.4. The number of nitrogens with zero attached hydrogens (tertiary/aromatic N) is 1. The van der Waals surface area contributed by atoms with E-state index >= 15 is 0 Å². The summed E-state index contributed by atoms with van der Waals surface area (Å²) in [5, 5.41) is 3.55. The molecule has 3 aromatic rings. The highest BCUT2D eigenvalue weighted by Crippen LogP contribution is 2.15. The quantitative estimate of drug-likeness (QED) is 0.763. The lowest BCUT2D eigenvalue weighted by atomic mass is 10.1. The van der Waals surface area contributed by atoms with Gasteiger partial charge in [0.05, 0.1) is 5.52 Å². The number of benzene rings is 1. The van der Waals surface area contributed by atoms with Gasteiger partial charge in [0.15, 0.2) is 0 Å². The normalized spacial score (nSPS) is 10.6. The predicted molar refractivity (Wildman–Crippen MR) is 86.5 cm³/mol. The first kappa shape index (κ1) is 14.3. The SMILES string of the molecule is Cc1ccnc(NC(=O)c2c[nH]c3cc(Cl)ccc3c2=O)c1. The lowest BCUT2D eigenvalue weighted by Crippen LogP contribution is -2.22. The Hall–Kier alpha value is -2.66. The molecule has 22 heavy (non-hydrogen) atoms. The zero-order valence-corrected chi connectivity index (χ0v) is 12.4. The molecule has 6 heteroatoms. The number of aromatic amines is 1. The molecule has 0 saturated heterocycles. The third kappa shape index (κ3) is 2.71. The van der Waals surface area contributed by atoms with E-state index in [1.807, 2.05) is 13.0 Å². The van der Waals surface area contributed by atoms with Crippen LogP contribution in [0.15, 0.2) is 47.5 Å². The molecule has 2 N–H and O–H groups in total. The Labute approximate surface area is 131 Å². The maximum Gasteiger partial charge on any atom is 0.262 e. The second-order valence-electron chi connectivity index (χ2n) is 4.89. The van der Waals surface area contributed by atoms with Crippen LogP contribution < -0.4 is 10.7 Å². The fourth-order valence-electron chi connectivity index (χ4n) is 2.15. The van der Waals surface area contributed by atoms with Crippen molar-refractivity contribution in [3.05, 3.63) is 69.1 Å². The van der Waals surface area contributed by atoms with Gasteiger partial charge >= 0.3 is 0 Å². The van der Waals surface area contributed by atoms with Crippen molar-refractivity contribution in [2.45, 2.75) is 6.92 Å². The highest BCUT2D eigenvalue weighted by molar-refractivity contribution is 6.31. The number of aromatic nitrogens is 2. The van der Waals surface area contributed by atoms with E-state index in [0.717, 1.165) is 5.56 Å². The molecule has 1 amide bonds. The van der Waals surface area contributed by atoms with Crippen LogP contribution in [0.3, 0.4) is 0 Å². The molecule has 0 fully saturated rings. The number of pyridine rings is 2. The second-order valence-corrected chi connectivity index (χ2v) is 5.33. The van der Waals surface area contributed by atoms with Crippen molar-refractivity contribution < 1.29 is 4.79 Å². The minimum Gasteiger partial charge on any atom is -0.360 e. The van der Waals surface area contributed by atoms with E-state index in [0.29, 0.717) is 21.7 Å². The number of nitrogens with one attached hydrogen (secondary N) is 2. The summed E-state index contributed by atoms with van der Waals surface area (Å²) < 4.78 is 0. The lowest BCUT2D eigenvalue weighted by molar-refractivity contribution is 0.102. The smallest absolute Gasteiger partial charge is 0.262 e. The Morgan fingerprint density at radius 2 is 2.09 bits per heavy atom. The monoisotopic (exact) mass is 313 g/mol. The summed E-state index contributed by atoms with van der Waals surface area (Å²) in [7, 11) is 0. The van der Waals surface area contributed by atoms with Gasteiger partial charge in [-0.1, -0.05) is 11.6 Å². The number of aryl methyl sites for hydroxylation is 1. The third-order valence-corrected chi connectivity index (χ3v) is 3.48. The van der Waals surface area contributed by atoms with Crippen LogP contribution in [-0.4, -0.2) is 15.9 Å². The highest BCUT2D eigenvalue weighted by atomic mass is 35.5. The first-order valence-electron chi connectivity index (χ1n) is 6.59. The Balaban J connectivity index is 1.99. The van der Waals surface area contributed by atoms with Crippen LogP contribution in [0.25, 0.3) is 10.9 Å². The molecule has 2 heterocycles. The van der Waals surface area contributed by atoms with E-state index < -0.39 is 5.91 Å². The molecule has 1 aromatic carbocycles.